The monoisotopic (exact) mass is 500 g/mol. The molecule has 0 radical (unpaired) electrons. The number of hydrogen-bond donors (Lipinski definition) is 1. The van der Waals surface area contributed by atoms with Crippen LogP contribution in [0, 0.1) is 12.8 Å². The summed E-state index contributed by atoms with van der Waals surface area (Å²) >= 11 is 5.25. The van der Waals surface area contributed by atoms with E-state index in [0.29, 0.717) is 12.4 Å². The molecule has 1 aliphatic rings. The Hall–Kier alpha value is -3.34. The number of para-hydroxylation sites is 1. The summed E-state index contributed by atoms with van der Waals surface area (Å²) in [6, 6.07) is 18.3. The Kier molecular flexibility index (Phi) is 8.06. The molecule has 10 heteroatoms. The average Bonchev–Trinajstić information content (AvgIpc) is 3.19. The van der Waals surface area contributed by atoms with Crippen LogP contribution in [0.25, 0.3) is 0 Å². The third-order valence-corrected chi connectivity index (χ3v) is 5.84. The molecule has 1 N–H and O–H groups in total. The molecule has 2 aromatic carbocycles. The summed E-state index contributed by atoms with van der Waals surface area (Å²) in [5.41, 5.74) is 0.0131. The second kappa shape index (κ2) is 11.4. The number of aromatic amines is 1. The molecule has 4 rings (SSSR count). The van der Waals surface area contributed by atoms with Gasteiger partial charge in [0, 0.05) is 24.0 Å². The van der Waals surface area contributed by atoms with Gasteiger partial charge in [0.2, 0.25) is 0 Å². The minimum absolute atomic E-state index is 0.0588. The lowest BCUT2D eigenvalue weighted by molar-refractivity contribution is -0.0674. The summed E-state index contributed by atoms with van der Waals surface area (Å²) < 4.78 is 38.7. The number of rotatable bonds is 8. The SMILES string of the molecule is Cc1cn([C@@H]2O[C@H](COCc3ccccc3)[C@@H](CF)[C@H]2OC(=S)Oc2ccccc2)c(=O)[nH]c1=O. The molecule has 3 aromatic rings. The minimum Gasteiger partial charge on any atom is -0.448 e. The topological polar surface area (TPSA) is 91.8 Å². The van der Waals surface area contributed by atoms with E-state index < -0.39 is 42.3 Å². The highest BCUT2D eigenvalue weighted by atomic mass is 32.1. The summed E-state index contributed by atoms with van der Waals surface area (Å²) in [5.74, 6) is -0.364. The first-order valence-electron chi connectivity index (χ1n) is 11.0. The van der Waals surface area contributed by atoms with Crippen molar-refractivity contribution in [3.05, 3.63) is 98.8 Å². The number of thiocarbonyl (C=S) groups is 1. The van der Waals surface area contributed by atoms with Crippen molar-refractivity contribution in [1.82, 2.24) is 9.55 Å². The average molecular weight is 501 g/mol. The number of H-pyrrole nitrogens is 1. The van der Waals surface area contributed by atoms with Crippen molar-refractivity contribution in [2.45, 2.75) is 32.0 Å². The number of hydrogen-bond acceptors (Lipinski definition) is 7. The summed E-state index contributed by atoms with van der Waals surface area (Å²) in [6.45, 7) is 1.10. The van der Waals surface area contributed by atoms with E-state index in [9.17, 15) is 14.0 Å². The smallest absolute Gasteiger partial charge is 0.358 e. The summed E-state index contributed by atoms with van der Waals surface area (Å²) in [5, 5.41) is -0.242. The van der Waals surface area contributed by atoms with Gasteiger partial charge in [0.1, 0.15) is 5.75 Å². The van der Waals surface area contributed by atoms with Gasteiger partial charge in [-0.1, -0.05) is 48.5 Å². The normalized spacial score (nSPS) is 21.5. The number of nitrogens with zero attached hydrogens (tertiary/aromatic N) is 1. The molecule has 1 fully saturated rings. The zero-order valence-electron chi connectivity index (χ0n) is 19.0. The Labute approximate surface area is 206 Å². The second-order valence-electron chi connectivity index (χ2n) is 8.11. The summed E-state index contributed by atoms with van der Waals surface area (Å²) in [4.78, 5) is 26.7. The lowest BCUT2D eigenvalue weighted by atomic mass is 9.99. The maximum absolute atomic E-state index is 14.3. The minimum atomic E-state index is -1.07. The molecule has 0 saturated carbocycles. The predicted molar refractivity (Wildman–Crippen MR) is 130 cm³/mol. The van der Waals surface area contributed by atoms with Crippen LogP contribution in [0.4, 0.5) is 4.39 Å². The molecule has 0 unspecified atom stereocenters. The fourth-order valence-corrected chi connectivity index (χ4v) is 4.07. The van der Waals surface area contributed by atoms with Gasteiger partial charge >= 0.3 is 10.9 Å². The number of aromatic nitrogens is 2. The first-order valence-corrected chi connectivity index (χ1v) is 11.5. The van der Waals surface area contributed by atoms with Crippen LogP contribution in [0.5, 0.6) is 5.75 Å². The Balaban J connectivity index is 1.56. The molecule has 0 spiro atoms. The zero-order chi connectivity index (χ0) is 24.8. The van der Waals surface area contributed by atoms with Crippen LogP contribution in [0.2, 0.25) is 0 Å². The Morgan fingerprint density at radius 1 is 1.11 bits per heavy atom. The molecule has 0 bridgehead atoms. The van der Waals surface area contributed by atoms with Crippen LogP contribution < -0.4 is 16.0 Å². The van der Waals surface area contributed by atoms with Gasteiger partial charge in [-0.3, -0.25) is 18.7 Å². The lowest BCUT2D eigenvalue weighted by Crippen LogP contribution is -2.40. The van der Waals surface area contributed by atoms with Crippen LogP contribution >= 0.6 is 12.2 Å². The highest BCUT2D eigenvalue weighted by Gasteiger charge is 2.48. The van der Waals surface area contributed by atoms with Gasteiger partial charge in [-0.25, -0.2) is 4.79 Å². The molecule has 8 nitrogen and oxygen atoms in total. The highest BCUT2D eigenvalue weighted by Crippen LogP contribution is 2.36. The summed E-state index contributed by atoms with van der Waals surface area (Å²) in [6.07, 6.45) is -1.46. The lowest BCUT2D eigenvalue weighted by Gasteiger charge is -2.24. The van der Waals surface area contributed by atoms with Gasteiger partial charge in [0.15, 0.2) is 12.3 Å². The van der Waals surface area contributed by atoms with Crippen LogP contribution in [-0.4, -0.2) is 40.3 Å². The predicted octanol–water partition coefficient (Wildman–Crippen LogP) is 3.29. The largest absolute Gasteiger partial charge is 0.448 e. The number of alkyl halides is 1. The van der Waals surface area contributed by atoms with Crippen molar-refractivity contribution in [1.29, 1.82) is 0 Å². The molecular formula is C25H25FN2O6S. The van der Waals surface area contributed by atoms with Crippen molar-refractivity contribution in [3.8, 4) is 5.75 Å². The maximum atomic E-state index is 14.3. The molecular weight excluding hydrogens is 475 g/mol. The molecule has 2 heterocycles. The first kappa shape index (κ1) is 24.8. The van der Waals surface area contributed by atoms with E-state index in [1.54, 1.807) is 31.2 Å². The Morgan fingerprint density at radius 2 is 1.80 bits per heavy atom. The first-order chi connectivity index (χ1) is 17.0. The van der Waals surface area contributed by atoms with E-state index in [1.807, 2.05) is 36.4 Å². The van der Waals surface area contributed by atoms with Crippen molar-refractivity contribution in [2.75, 3.05) is 13.3 Å². The van der Waals surface area contributed by atoms with Gasteiger partial charge in [-0.05, 0) is 24.6 Å². The van der Waals surface area contributed by atoms with Crippen LogP contribution in [-0.2, 0) is 20.8 Å². The van der Waals surface area contributed by atoms with Crippen molar-refractivity contribution in [3.63, 3.8) is 0 Å². The zero-order valence-corrected chi connectivity index (χ0v) is 19.8. The molecule has 0 aliphatic carbocycles. The van der Waals surface area contributed by atoms with Crippen molar-refractivity contribution < 1.29 is 23.3 Å². The molecule has 1 saturated heterocycles. The molecule has 184 valence electrons. The standard InChI is InChI=1S/C25H25FN2O6S/c1-16-13-28(24(30)27-22(16)29)23-21(34-25(35)32-18-10-6-3-7-11-18)19(12-26)20(33-23)15-31-14-17-8-4-2-5-9-17/h2-11,13,19-21,23H,12,14-15H2,1H3,(H,27,29,30)/t19-,20-,21-,23-/m1/s1. The quantitative estimate of drug-likeness (QED) is 0.475. The molecule has 4 atom stereocenters. The van der Waals surface area contributed by atoms with E-state index in [4.69, 9.17) is 31.2 Å². The van der Waals surface area contributed by atoms with E-state index >= 15 is 0 Å². The third kappa shape index (κ3) is 6.02. The molecule has 35 heavy (non-hydrogen) atoms. The van der Waals surface area contributed by atoms with Gasteiger partial charge < -0.3 is 18.9 Å². The van der Waals surface area contributed by atoms with Crippen LogP contribution in [0.3, 0.4) is 0 Å². The summed E-state index contributed by atoms with van der Waals surface area (Å²) in [7, 11) is 0. The van der Waals surface area contributed by atoms with Gasteiger partial charge in [-0.15, -0.1) is 0 Å². The maximum Gasteiger partial charge on any atom is 0.358 e. The van der Waals surface area contributed by atoms with E-state index in [-0.39, 0.29) is 17.4 Å². The molecule has 1 aliphatic heterocycles. The van der Waals surface area contributed by atoms with E-state index in [1.165, 1.54) is 10.8 Å². The Bertz CT molecular complexity index is 1250. The van der Waals surface area contributed by atoms with Gasteiger partial charge in [-0.2, -0.15) is 0 Å². The van der Waals surface area contributed by atoms with Crippen LogP contribution in [0.15, 0.2) is 76.4 Å². The van der Waals surface area contributed by atoms with Crippen molar-refractivity contribution >= 4 is 17.5 Å². The number of aryl methyl sites for hydroxylation is 1. The number of halogens is 1. The number of nitrogens with one attached hydrogen (secondary N) is 1. The van der Waals surface area contributed by atoms with Crippen molar-refractivity contribution in [2.24, 2.45) is 5.92 Å². The van der Waals surface area contributed by atoms with E-state index in [0.717, 1.165) is 5.56 Å². The fourth-order valence-electron chi connectivity index (χ4n) is 3.86. The second-order valence-corrected chi connectivity index (χ2v) is 8.44. The number of ether oxygens (including phenoxy) is 4. The van der Waals surface area contributed by atoms with E-state index in [2.05, 4.69) is 4.98 Å². The number of benzene rings is 2. The van der Waals surface area contributed by atoms with Gasteiger partial charge in [0.25, 0.3) is 5.56 Å². The van der Waals surface area contributed by atoms with Gasteiger partial charge in [0.05, 0.1) is 31.9 Å². The molecule has 0 amide bonds. The Morgan fingerprint density at radius 3 is 2.49 bits per heavy atom. The third-order valence-electron chi connectivity index (χ3n) is 5.66. The molecule has 1 aromatic heterocycles. The fraction of sp³-hybridized carbons (Fsp3) is 0.320. The van der Waals surface area contributed by atoms with Crippen LogP contribution in [0.1, 0.15) is 17.4 Å². The highest BCUT2D eigenvalue weighted by molar-refractivity contribution is 7.79.